The van der Waals surface area contributed by atoms with Gasteiger partial charge in [-0.25, -0.2) is 0 Å². The van der Waals surface area contributed by atoms with Crippen LogP contribution in [0.2, 0.25) is 0 Å². The van der Waals surface area contributed by atoms with Gasteiger partial charge >= 0.3 is 0 Å². The number of hydrogen-bond donors (Lipinski definition) is 0. The van der Waals surface area contributed by atoms with E-state index in [4.69, 9.17) is 0 Å². The summed E-state index contributed by atoms with van der Waals surface area (Å²) in [5, 5.41) is 0. The Kier molecular flexibility index (Phi) is 6.20. The number of rotatable bonds is 6. The normalized spacial score (nSPS) is 11.1. The van der Waals surface area contributed by atoms with Crippen molar-refractivity contribution in [2.75, 3.05) is 13.1 Å². The standard InChI is InChI=1S/C11H14Br2N2O/c1-2-14(12)15(13)9-8-11(16)10-6-4-3-5-7-10/h3-7H,2,8-9H2,1H3. The van der Waals surface area contributed by atoms with E-state index in [0.29, 0.717) is 13.0 Å². The van der Waals surface area contributed by atoms with Crippen LogP contribution in [-0.4, -0.2) is 26.9 Å². The first-order chi connectivity index (χ1) is 7.65. The van der Waals surface area contributed by atoms with Crippen molar-refractivity contribution in [3.63, 3.8) is 0 Å². The summed E-state index contributed by atoms with van der Waals surface area (Å²) in [5.41, 5.74) is 0.765. The molecule has 0 saturated heterocycles. The molecule has 0 atom stereocenters. The van der Waals surface area contributed by atoms with Crippen LogP contribution in [-0.2, 0) is 0 Å². The summed E-state index contributed by atoms with van der Waals surface area (Å²) < 4.78 is 3.62. The third-order valence-electron chi connectivity index (χ3n) is 2.12. The maximum absolute atomic E-state index is 11.8. The van der Waals surface area contributed by atoms with Crippen LogP contribution in [0.5, 0.6) is 0 Å². The van der Waals surface area contributed by atoms with Crippen molar-refractivity contribution in [1.29, 1.82) is 0 Å². The Morgan fingerprint density at radius 2 is 1.81 bits per heavy atom. The third-order valence-corrected chi connectivity index (χ3v) is 4.16. The number of Topliss-reactive ketones (excluding diaryl/α,β-unsaturated/α-hetero) is 1. The molecule has 0 N–H and O–H groups in total. The van der Waals surface area contributed by atoms with Gasteiger partial charge in [-0.3, -0.25) is 4.79 Å². The number of hydrazine groups is 1. The number of benzene rings is 1. The minimum atomic E-state index is 0.155. The number of ketones is 1. The fourth-order valence-electron chi connectivity index (χ4n) is 1.22. The summed E-state index contributed by atoms with van der Waals surface area (Å²) in [6, 6.07) is 9.34. The van der Waals surface area contributed by atoms with Crippen LogP contribution in [0.25, 0.3) is 0 Å². The molecule has 0 unspecified atom stereocenters. The van der Waals surface area contributed by atoms with E-state index >= 15 is 0 Å². The first-order valence-electron chi connectivity index (χ1n) is 5.10. The molecule has 0 aliphatic heterocycles. The topological polar surface area (TPSA) is 23.6 Å². The molecule has 0 amide bonds. The van der Waals surface area contributed by atoms with Gasteiger partial charge in [0.1, 0.15) is 0 Å². The average Bonchev–Trinajstić information content (AvgIpc) is 2.35. The molecule has 0 spiro atoms. The van der Waals surface area contributed by atoms with Gasteiger partial charge in [-0.05, 0) is 0 Å². The molecule has 0 fully saturated rings. The second-order valence-corrected chi connectivity index (χ2v) is 4.89. The molecule has 0 bridgehead atoms. The van der Waals surface area contributed by atoms with Crippen LogP contribution in [0.3, 0.4) is 0 Å². The van der Waals surface area contributed by atoms with Gasteiger partial charge < -0.3 is 0 Å². The van der Waals surface area contributed by atoms with E-state index < -0.39 is 0 Å². The number of halogens is 2. The summed E-state index contributed by atoms with van der Waals surface area (Å²) in [6.45, 7) is 3.47. The van der Waals surface area contributed by atoms with Crippen molar-refractivity contribution in [2.45, 2.75) is 13.3 Å². The first kappa shape index (κ1) is 13.8. The second kappa shape index (κ2) is 7.17. The molecule has 0 aliphatic rings. The SMILES string of the molecule is CCN(Br)N(Br)CCC(=O)c1ccccc1. The van der Waals surface area contributed by atoms with Crippen molar-refractivity contribution in [2.24, 2.45) is 0 Å². The van der Waals surface area contributed by atoms with Gasteiger partial charge in [-0.15, -0.1) is 0 Å². The minimum Gasteiger partial charge on any atom is -0.294 e. The molecule has 16 heavy (non-hydrogen) atoms. The average molecular weight is 350 g/mol. The van der Waals surface area contributed by atoms with Gasteiger partial charge in [0, 0.05) is 57.4 Å². The molecule has 5 heteroatoms. The van der Waals surface area contributed by atoms with Crippen molar-refractivity contribution in [1.82, 2.24) is 8.07 Å². The van der Waals surface area contributed by atoms with Crippen LogP contribution in [0.15, 0.2) is 30.3 Å². The lowest BCUT2D eigenvalue weighted by atomic mass is 10.1. The Morgan fingerprint density at radius 3 is 2.38 bits per heavy atom. The predicted octanol–water partition coefficient (Wildman–Crippen LogP) is 3.42. The molecule has 1 aromatic rings. The third kappa shape index (κ3) is 4.33. The van der Waals surface area contributed by atoms with Gasteiger partial charge in [-0.2, -0.15) is 8.07 Å². The summed E-state index contributed by atoms with van der Waals surface area (Å²) in [4.78, 5) is 11.8. The molecule has 0 aromatic heterocycles. The Balaban J connectivity index is 2.42. The van der Waals surface area contributed by atoms with E-state index in [1.165, 1.54) is 0 Å². The highest BCUT2D eigenvalue weighted by molar-refractivity contribution is 9.09. The van der Waals surface area contributed by atoms with E-state index in [0.717, 1.165) is 12.1 Å². The summed E-state index contributed by atoms with van der Waals surface area (Å²) in [6.07, 6.45) is 0.483. The van der Waals surface area contributed by atoms with Crippen molar-refractivity contribution in [3.05, 3.63) is 35.9 Å². The zero-order chi connectivity index (χ0) is 12.0. The quantitative estimate of drug-likeness (QED) is 0.446. The molecule has 0 saturated carbocycles. The minimum absolute atomic E-state index is 0.155. The van der Waals surface area contributed by atoms with Gasteiger partial charge in [0.2, 0.25) is 0 Å². The lowest BCUT2D eigenvalue weighted by Crippen LogP contribution is -2.28. The molecular formula is C11H14Br2N2O. The summed E-state index contributed by atoms with van der Waals surface area (Å²) in [5.74, 6) is 0.155. The van der Waals surface area contributed by atoms with Gasteiger partial charge in [0.05, 0.1) is 0 Å². The monoisotopic (exact) mass is 348 g/mol. The number of carbonyl (C=O) groups is 1. The molecule has 88 valence electrons. The van der Waals surface area contributed by atoms with E-state index in [2.05, 4.69) is 32.3 Å². The van der Waals surface area contributed by atoms with E-state index in [-0.39, 0.29) is 5.78 Å². The fourth-order valence-corrected chi connectivity index (χ4v) is 1.78. The van der Waals surface area contributed by atoms with Crippen LogP contribution in [0.4, 0.5) is 0 Å². The molecule has 0 aliphatic carbocycles. The Bertz CT molecular complexity index is 332. The van der Waals surface area contributed by atoms with E-state index in [9.17, 15) is 4.79 Å². The molecule has 1 aromatic carbocycles. The lowest BCUT2D eigenvalue weighted by molar-refractivity contribution is 0.0961. The predicted molar refractivity (Wildman–Crippen MR) is 72.3 cm³/mol. The Morgan fingerprint density at radius 1 is 1.19 bits per heavy atom. The van der Waals surface area contributed by atoms with Gasteiger partial charge in [-0.1, -0.05) is 37.3 Å². The smallest absolute Gasteiger partial charge is 0.164 e. The molecule has 1 rings (SSSR count). The second-order valence-electron chi connectivity index (χ2n) is 3.25. The van der Waals surface area contributed by atoms with Crippen molar-refractivity contribution >= 4 is 38.1 Å². The van der Waals surface area contributed by atoms with Crippen LogP contribution in [0.1, 0.15) is 23.7 Å². The highest BCUT2D eigenvalue weighted by Gasteiger charge is 2.11. The Labute approximate surface area is 113 Å². The van der Waals surface area contributed by atoms with E-state index in [1.807, 2.05) is 41.3 Å². The fraction of sp³-hybridized carbons (Fsp3) is 0.364. The number of nitrogens with zero attached hydrogens (tertiary/aromatic N) is 2. The van der Waals surface area contributed by atoms with Crippen LogP contribution in [0, 0.1) is 0 Å². The Hall–Kier alpha value is -0.230. The largest absolute Gasteiger partial charge is 0.294 e. The molecule has 0 heterocycles. The number of hydrogen-bond acceptors (Lipinski definition) is 3. The van der Waals surface area contributed by atoms with Gasteiger partial charge in [0.25, 0.3) is 0 Å². The van der Waals surface area contributed by atoms with Crippen LogP contribution >= 0.6 is 32.3 Å². The maximum Gasteiger partial charge on any atom is 0.164 e. The highest BCUT2D eigenvalue weighted by Crippen LogP contribution is 2.12. The molecule has 3 nitrogen and oxygen atoms in total. The highest BCUT2D eigenvalue weighted by atomic mass is 79.9. The molecule has 0 radical (unpaired) electrons. The zero-order valence-electron chi connectivity index (χ0n) is 9.07. The summed E-state index contributed by atoms with van der Waals surface area (Å²) in [7, 11) is 0. The first-order valence-corrected chi connectivity index (χ1v) is 6.51. The van der Waals surface area contributed by atoms with E-state index in [1.54, 1.807) is 4.03 Å². The lowest BCUT2D eigenvalue weighted by Gasteiger charge is -2.21. The zero-order valence-corrected chi connectivity index (χ0v) is 12.2. The van der Waals surface area contributed by atoms with Crippen LogP contribution < -0.4 is 0 Å². The van der Waals surface area contributed by atoms with Gasteiger partial charge in [0.15, 0.2) is 5.78 Å². The van der Waals surface area contributed by atoms with Crippen molar-refractivity contribution < 1.29 is 4.79 Å². The van der Waals surface area contributed by atoms with Crippen molar-refractivity contribution in [3.8, 4) is 0 Å². The molecular weight excluding hydrogens is 336 g/mol. The summed E-state index contributed by atoms with van der Waals surface area (Å²) >= 11 is 6.71. The number of carbonyl (C=O) groups excluding carboxylic acids is 1. The maximum atomic E-state index is 11.8.